The van der Waals surface area contributed by atoms with E-state index in [4.69, 9.17) is 0 Å². The van der Waals surface area contributed by atoms with Crippen molar-refractivity contribution in [2.45, 2.75) is 38.3 Å². The predicted octanol–water partition coefficient (Wildman–Crippen LogP) is 2.12. The second-order valence-electron chi connectivity index (χ2n) is 5.13. The van der Waals surface area contributed by atoms with Gasteiger partial charge in [-0.1, -0.05) is 12.1 Å². The third-order valence-corrected chi connectivity index (χ3v) is 3.42. The lowest BCUT2D eigenvalue weighted by Gasteiger charge is -2.32. The van der Waals surface area contributed by atoms with E-state index in [1.165, 1.54) is 12.1 Å². The molecule has 2 rings (SSSR count). The summed E-state index contributed by atoms with van der Waals surface area (Å²) in [7, 11) is 0. The molecule has 2 N–H and O–H groups in total. The van der Waals surface area contributed by atoms with Crippen molar-refractivity contribution in [2.24, 2.45) is 5.92 Å². The number of benzene rings is 1. The van der Waals surface area contributed by atoms with Crippen LogP contribution in [0.15, 0.2) is 24.3 Å². The third kappa shape index (κ3) is 3.79. The van der Waals surface area contributed by atoms with Gasteiger partial charge in [-0.25, -0.2) is 4.39 Å². The lowest BCUT2D eigenvalue weighted by Crippen LogP contribution is -2.39. The predicted molar refractivity (Wildman–Crippen MR) is 66.3 cm³/mol. The number of rotatable bonds is 5. The number of hydrogen-bond donors (Lipinski definition) is 2. The third-order valence-electron chi connectivity index (χ3n) is 3.42. The summed E-state index contributed by atoms with van der Waals surface area (Å²) in [5.41, 5.74) is 1.15. The summed E-state index contributed by atoms with van der Waals surface area (Å²) in [5.74, 6) is 0.443. The van der Waals surface area contributed by atoms with Crippen molar-refractivity contribution in [3.63, 3.8) is 0 Å². The smallest absolute Gasteiger partial charge is 0.123 e. The lowest BCUT2D eigenvalue weighted by molar-refractivity contribution is 0.0421. The fourth-order valence-electron chi connectivity index (χ4n) is 2.28. The first-order valence-electron chi connectivity index (χ1n) is 6.29. The molecule has 17 heavy (non-hydrogen) atoms. The maximum atomic E-state index is 12.7. The molecule has 0 bridgehead atoms. The summed E-state index contributed by atoms with van der Waals surface area (Å²) in [6.07, 6.45) is 2.69. The van der Waals surface area contributed by atoms with Crippen molar-refractivity contribution in [1.29, 1.82) is 0 Å². The summed E-state index contributed by atoms with van der Waals surface area (Å²) in [6, 6.07) is 7.06. The van der Waals surface area contributed by atoms with Crippen LogP contribution in [0.2, 0.25) is 0 Å². The van der Waals surface area contributed by atoms with Gasteiger partial charge in [0.15, 0.2) is 0 Å². The molecule has 0 aliphatic heterocycles. The van der Waals surface area contributed by atoms with Crippen molar-refractivity contribution < 1.29 is 9.50 Å². The van der Waals surface area contributed by atoms with E-state index in [1.54, 1.807) is 0 Å². The van der Waals surface area contributed by atoms with Crippen LogP contribution in [0.1, 0.15) is 25.3 Å². The van der Waals surface area contributed by atoms with E-state index >= 15 is 0 Å². The van der Waals surface area contributed by atoms with Crippen molar-refractivity contribution in [3.05, 3.63) is 35.6 Å². The maximum absolute atomic E-state index is 12.7. The Morgan fingerprint density at radius 1 is 1.35 bits per heavy atom. The van der Waals surface area contributed by atoms with Gasteiger partial charge in [-0.3, -0.25) is 0 Å². The molecule has 2 nitrogen and oxygen atoms in total. The van der Waals surface area contributed by atoms with Crippen LogP contribution in [0.3, 0.4) is 0 Å². The summed E-state index contributed by atoms with van der Waals surface area (Å²) >= 11 is 0. The van der Waals surface area contributed by atoms with Crippen molar-refractivity contribution >= 4 is 0 Å². The molecule has 1 aromatic rings. The van der Waals surface area contributed by atoms with E-state index in [9.17, 15) is 9.50 Å². The minimum absolute atomic E-state index is 0.0748. The van der Waals surface area contributed by atoms with Crippen molar-refractivity contribution in [1.82, 2.24) is 5.32 Å². The van der Waals surface area contributed by atoms with Gasteiger partial charge in [0.1, 0.15) is 5.82 Å². The van der Waals surface area contributed by atoms with Gasteiger partial charge in [0.2, 0.25) is 0 Å². The van der Waals surface area contributed by atoms with Gasteiger partial charge >= 0.3 is 0 Å². The van der Waals surface area contributed by atoms with Crippen molar-refractivity contribution in [2.75, 3.05) is 6.54 Å². The fraction of sp³-hybridized carbons (Fsp3) is 0.571. The molecule has 0 saturated heterocycles. The van der Waals surface area contributed by atoms with Gasteiger partial charge in [0.05, 0.1) is 6.10 Å². The second kappa shape index (κ2) is 5.61. The van der Waals surface area contributed by atoms with Crippen LogP contribution in [-0.2, 0) is 6.42 Å². The normalized spacial score (nSPS) is 25.4. The Morgan fingerprint density at radius 2 is 2.00 bits per heavy atom. The van der Waals surface area contributed by atoms with Gasteiger partial charge < -0.3 is 10.4 Å². The molecule has 1 fully saturated rings. The average Bonchev–Trinajstić information content (AvgIpc) is 2.26. The fourth-order valence-corrected chi connectivity index (χ4v) is 2.28. The lowest BCUT2D eigenvalue weighted by atomic mass is 9.82. The van der Waals surface area contributed by atoms with Gasteiger partial charge in [0, 0.05) is 6.04 Å². The van der Waals surface area contributed by atoms with Crippen LogP contribution in [0.5, 0.6) is 0 Å². The first kappa shape index (κ1) is 12.5. The van der Waals surface area contributed by atoms with Gasteiger partial charge in [-0.15, -0.1) is 0 Å². The van der Waals surface area contributed by atoms with E-state index in [-0.39, 0.29) is 11.9 Å². The second-order valence-corrected chi connectivity index (χ2v) is 5.13. The van der Waals surface area contributed by atoms with E-state index in [0.717, 1.165) is 31.4 Å². The molecular formula is C14H20FNO. The molecule has 1 unspecified atom stereocenters. The summed E-state index contributed by atoms with van der Waals surface area (Å²) in [5, 5.41) is 12.6. The van der Waals surface area contributed by atoms with Gasteiger partial charge in [-0.05, 0) is 56.3 Å². The van der Waals surface area contributed by atoms with Crippen LogP contribution in [-0.4, -0.2) is 23.8 Å². The van der Waals surface area contributed by atoms with Crippen LogP contribution < -0.4 is 5.32 Å². The van der Waals surface area contributed by atoms with E-state index in [2.05, 4.69) is 12.2 Å². The molecule has 1 saturated carbocycles. The Labute approximate surface area is 102 Å². The molecular weight excluding hydrogens is 217 g/mol. The van der Waals surface area contributed by atoms with E-state index < -0.39 is 0 Å². The molecule has 0 amide bonds. The average molecular weight is 237 g/mol. The largest absolute Gasteiger partial charge is 0.393 e. The molecule has 1 atom stereocenters. The minimum atomic E-state index is -0.183. The van der Waals surface area contributed by atoms with E-state index in [0.29, 0.717) is 12.0 Å². The highest BCUT2D eigenvalue weighted by atomic mass is 19.1. The van der Waals surface area contributed by atoms with Gasteiger partial charge in [0.25, 0.3) is 0 Å². The Kier molecular flexibility index (Phi) is 4.13. The quantitative estimate of drug-likeness (QED) is 0.822. The minimum Gasteiger partial charge on any atom is -0.393 e. The van der Waals surface area contributed by atoms with Crippen LogP contribution >= 0.6 is 0 Å². The highest BCUT2D eigenvalue weighted by Crippen LogP contribution is 2.26. The topological polar surface area (TPSA) is 32.3 Å². The molecule has 0 aromatic heterocycles. The molecule has 3 heteroatoms. The molecule has 0 spiro atoms. The molecule has 94 valence electrons. The Bertz CT molecular complexity index is 346. The zero-order valence-corrected chi connectivity index (χ0v) is 10.2. The molecule has 0 radical (unpaired) electrons. The first-order chi connectivity index (χ1) is 8.13. The highest BCUT2D eigenvalue weighted by molar-refractivity contribution is 5.16. The number of hydrogen-bond acceptors (Lipinski definition) is 2. The van der Waals surface area contributed by atoms with Crippen LogP contribution in [0, 0.1) is 11.7 Å². The molecule has 0 heterocycles. The highest BCUT2D eigenvalue weighted by Gasteiger charge is 2.26. The Hall–Kier alpha value is -0.930. The van der Waals surface area contributed by atoms with Crippen molar-refractivity contribution in [3.8, 4) is 0 Å². The number of aliphatic hydroxyl groups excluding tert-OH is 1. The Balaban J connectivity index is 1.69. The summed E-state index contributed by atoms with van der Waals surface area (Å²) < 4.78 is 12.7. The number of aliphatic hydroxyl groups is 1. The van der Waals surface area contributed by atoms with E-state index in [1.807, 2.05) is 12.1 Å². The summed E-state index contributed by atoms with van der Waals surface area (Å²) in [6.45, 7) is 3.11. The van der Waals surface area contributed by atoms with Crippen LogP contribution in [0.25, 0.3) is 0 Å². The first-order valence-corrected chi connectivity index (χ1v) is 6.29. The monoisotopic (exact) mass is 237 g/mol. The zero-order valence-electron chi connectivity index (χ0n) is 10.2. The molecule has 1 aliphatic carbocycles. The molecule has 1 aliphatic rings. The van der Waals surface area contributed by atoms with Gasteiger partial charge in [-0.2, -0.15) is 0 Å². The number of nitrogens with one attached hydrogen (secondary N) is 1. The maximum Gasteiger partial charge on any atom is 0.123 e. The van der Waals surface area contributed by atoms with Crippen LogP contribution in [0.4, 0.5) is 4.39 Å². The zero-order chi connectivity index (χ0) is 12.3. The standard InChI is InChI=1S/C14H20FNO/c1-10(16-9-12-7-14(17)8-12)6-11-2-4-13(15)5-3-11/h2-5,10,12,14,16-17H,6-9H2,1H3. The Morgan fingerprint density at radius 3 is 2.59 bits per heavy atom. The molecule has 1 aromatic carbocycles. The summed E-state index contributed by atoms with van der Waals surface area (Å²) in [4.78, 5) is 0. The SMILES string of the molecule is CC(Cc1ccc(F)cc1)NCC1CC(O)C1. The number of halogens is 1.